The highest BCUT2D eigenvalue weighted by Gasteiger charge is 2.21. The predicted octanol–water partition coefficient (Wildman–Crippen LogP) is 1.21. The molecule has 1 fully saturated rings. The summed E-state index contributed by atoms with van der Waals surface area (Å²) < 4.78 is 0. The number of carboxylic acid groups (broad SMARTS) is 1. The molecule has 1 aliphatic heterocycles. The number of carbonyl (C=O) groups excluding carboxylic acids is 1. The van der Waals surface area contributed by atoms with E-state index < -0.39 is 18.0 Å². The summed E-state index contributed by atoms with van der Waals surface area (Å²) in [7, 11) is 0. The third kappa shape index (κ3) is 5.12. The lowest BCUT2D eigenvalue weighted by Gasteiger charge is -2.23. The van der Waals surface area contributed by atoms with Crippen LogP contribution in [0, 0.1) is 0 Å². The first-order chi connectivity index (χ1) is 8.13. The molecule has 0 saturated carbocycles. The number of urea groups is 1. The number of rotatable bonds is 5. The second-order valence-electron chi connectivity index (χ2n) is 3.92. The Bertz CT molecular complexity index is 290. The number of hydrogen-bond donors (Lipinski definition) is 3. The van der Waals surface area contributed by atoms with E-state index in [0.717, 1.165) is 24.3 Å². The average Bonchev–Trinajstić information content (AvgIpc) is 2.29. The molecular weight excluding hydrogens is 240 g/mol. The van der Waals surface area contributed by atoms with E-state index in [0.29, 0.717) is 0 Å². The summed E-state index contributed by atoms with van der Waals surface area (Å²) in [6.07, 6.45) is 3.59. The van der Waals surface area contributed by atoms with Crippen LogP contribution in [0.4, 0.5) is 4.79 Å². The minimum atomic E-state index is -1.04. The van der Waals surface area contributed by atoms with Crippen LogP contribution in [0.15, 0.2) is 12.7 Å². The first-order valence-corrected chi connectivity index (χ1v) is 6.77. The standard InChI is InChI=1S/C11H18N2O3S/c1-2-3-9(10(14)15)13-11(16)12-8-4-6-17-7-5-8/h2,8-9H,1,3-7H2,(H,14,15)(H2,12,13,16). The summed E-state index contributed by atoms with van der Waals surface area (Å²) in [6.45, 7) is 3.47. The minimum absolute atomic E-state index is 0.162. The maximum atomic E-state index is 11.6. The molecule has 0 aromatic carbocycles. The van der Waals surface area contributed by atoms with E-state index in [1.807, 2.05) is 11.8 Å². The predicted molar refractivity (Wildman–Crippen MR) is 68.3 cm³/mol. The van der Waals surface area contributed by atoms with E-state index >= 15 is 0 Å². The molecule has 1 heterocycles. The molecule has 6 heteroatoms. The van der Waals surface area contributed by atoms with Crippen molar-refractivity contribution in [2.24, 2.45) is 0 Å². The zero-order valence-corrected chi connectivity index (χ0v) is 10.5. The molecule has 0 aliphatic carbocycles. The van der Waals surface area contributed by atoms with Crippen LogP contribution in [-0.4, -0.2) is 40.7 Å². The van der Waals surface area contributed by atoms with Gasteiger partial charge in [-0.2, -0.15) is 11.8 Å². The summed E-state index contributed by atoms with van der Waals surface area (Å²) in [4.78, 5) is 22.4. The fourth-order valence-corrected chi connectivity index (χ4v) is 2.72. The van der Waals surface area contributed by atoms with Crippen molar-refractivity contribution >= 4 is 23.8 Å². The van der Waals surface area contributed by atoms with Gasteiger partial charge in [0, 0.05) is 6.04 Å². The molecule has 2 amide bonds. The molecule has 1 aliphatic rings. The van der Waals surface area contributed by atoms with Crippen LogP contribution in [0.1, 0.15) is 19.3 Å². The molecule has 0 aromatic heterocycles. The van der Waals surface area contributed by atoms with Crippen LogP contribution >= 0.6 is 11.8 Å². The molecule has 1 unspecified atom stereocenters. The summed E-state index contributed by atoms with van der Waals surface area (Å²) in [5.41, 5.74) is 0. The largest absolute Gasteiger partial charge is 0.480 e. The number of carboxylic acids is 1. The van der Waals surface area contributed by atoms with Crippen molar-refractivity contribution in [1.29, 1.82) is 0 Å². The van der Waals surface area contributed by atoms with E-state index in [4.69, 9.17) is 5.11 Å². The lowest BCUT2D eigenvalue weighted by molar-refractivity contribution is -0.139. The monoisotopic (exact) mass is 258 g/mol. The summed E-state index contributed by atoms with van der Waals surface area (Å²) in [5, 5.41) is 14.1. The lowest BCUT2D eigenvalue weighted by Crippen LogP contribution is -2.49. The molecule has 96 valence electrons. The maximum absolute atomic E-state index is 11.6. The second-order valence-corrected chi connectivity index (χ2v) is 5.14. The van der Waals surface area contributed by atoms with E-state index in [1.54, 1.807) is 0 Å². The molecule has 0 radical (unpaired) electrons. The number of thioether (sulfide) groups is 1. The summed E-state index contributed by atoms with van der Waals surface area (Å²) >= 11 is 1.87. The van der Waals surface area contributed by atoms with Gasteiger partial charge in [-0.25, -0.2) is 9.59 Å². The van der Waals surface area contributed by atoms with Gasteiger partial charge in [-0.3, -0.25) is 0 Å². The Morgan fingerprint density at radius 2 is 2.12 bits per heavy atom. The molecule has 3 N–H and O–H groups in total. The minimum Gasteiger partial charge on any atom is -0.480 e. The Labute approximate surface area is 105 Å². The van der Waals surface area contributed by atoms with Crippen molar-refractivity contribution in [2.75, 3.05) is 11.5 Å². The van der Waals surface area contributed by atoms with Crippen molar-refractivity contribution in [3.05, 3.63) is 12.7 Å². The van der Waals surface area contributed by atoms with Gasteiger partial charge in [0.2, 0.25) is 0 Å². The molecular formula is C11H18N2O3S. The van der Waals surface area contributed by atoms with Crippen molar-refractivity contribution in [3.63, 3.8) is 0 Å². The van der Waals surface area contributed by atoms with Crippen molar-refractivity contribution in [3.8, 4) is 0 Å². The number of nitrogens with one attached hydrogen (secondary N) is 2. The Morgan fingerprint density at radius 3 is 2.65 bits per heavy atom. The smallest absolute Gasteiger partial charge is 0.326 e. The fourth-order valence-electron chi connectivity index (χ4n) is 1.62. The Kier molecular flexibility index (Phi) is 5.90. The summed E-state index contributed by atoms with van der Waals surface area (Å²) in [5.74, 6) is 1.04. The number of amides is 2. The quantitative estimate of drug-likeness (QED) is 0.648. The van der Waals surface area contributed by atoms with Gasteiger partial charge in [0.15, 0.2) is 0 Å². The van der Waals surface area contributed by atoms with Gasteiger partial charge in [0.1, 0.15) is 6.04 Å². The van der Waals surface area contributed by atoms with Crippen LogP contribution < -0.4 is 10.6 Å². The number of carbonyl (C=O) groups is 2. The van der Waals surface area contributed by atoms with Crippen LogP contribution in [-0.2, 0) is 4.79 Å². The highest BCUT2D eigenvalue weighted by Crippen LogP contribution is 2.16. The SMILES string of the molecule is C=CCC(NC(=O)NC1CCSCC1)C(=O)O. The lowest BCUT2D eigenvalue weighted by atomic mass is 10.1. The van der Waals surface area contributed by atoms with Crippen molar-refractivity contribution in [1.82, 2.24) is 10.6 Å². The van der Waals surface area contributed by atoms with E-state index in [1.165, 1.54) is 6.08 Å². The zero-order chi connectivity index (χ0) is 12.7. The first-order valence-electron chi connectivity index (χ1n) is 5.62. The highest BCUT2D eigenvalue weighted by atomic mass is 32.2. The Balaban J connectivity index is 2.35. The van der Waals surface area contributed by atoms with Crippen LogP contribution in [0.2, 0.25) is 0 Å². The van der Waals surface area contributed by atoms with E-state index in [9.17, 15) is 9.59 Å². The van der Waals surface area contributed by atoms with Crippen molar-refractivity contribution < 1.29 is 14.7 Å². The van der Waals surface area contributed by atoms with Crippen molar-refractivity contribution in [2.45, 2.75) is 31.3 Å². The normalized spacial score (nSPS) is 18.1. The second kappa shape index (κ2) is 7.21. The van der Waals surface area contributed by atoms with Gasteiger partial charge in [0.05, 0.1) is 0 Å². The molecule has 0 aromatic rings. The number of hydrogen-bond acceptors (Lipinski definition) is 3. The van der Waals surface area contributed by atoms with E-state index in [-0.39, 0.29) is 12.5 Å². The highest BCUT2D eigenvalue weighted by molar-refractivity contribution is 7.99. The van der Waals surface area contributed by atoms with Crippen LogP contribution in [0.5, 0.6) is 0 Å². The topological polar surface area (TPSA) is 78.4 Å². The van der Waals surface area contributed by atoms with Gasteiger partial charge in [-0.1, -0.05) is 6.08 Å². The van der Waals surface area contributed by atoms with Gasteiger partial charge in [0.25, 0.3) is 0 Å². The number of aliphatic carboxylic acids is 1. The molecule has 1 atom stereocenters. The van der Waals surface area contributed by atoms with Gasteiger partial charge < -0.3 is 15.7 Å². The van der Waals surface area contributed by atoms with Crippen LogP contribution in [0.3, 0.4) is 0 Å². The Hall–Kier alpha value is -1.17. The molecule has 5 nitrogen and oxygen atoms in total. The summed E-state index contributed by atoms with van der Waals surface area (Å²) in [6, 6.07) is -1.14. The Morgan fingerprint density at radius 1 is 1.47 bits per heavy atom. The van der Waals surface area contributed by atoms with Gasteiger partial charge >= 0.3 is 12.0 Å². The molecule has 1 rings (SSSR count). The molecule has 1 saturated heterocycles. The molecule has 0 bridgehead atoms. The average molecular weight is 258 g/mol. The molecule has 17 heavy (non-hydrogen) atoms. The third-order valence-electron chi connectivity index (χ3n) is 2.56. The fraction of sp³-hybridized carbons (Fsp3) is 0.636. The maximum Gasteiger partial charge on any atom is 0.326 e. The van der Waals surface area contributed by atoms with Crippen LogP contribution in [0.25, 0.3) is 0 Å². The molecule has 0 spiro atoms. The zero-order valence-electron chi connectivity index (χ0n) is 9.65. The first kappa shape index (κ1) is 13.9. The van der Waals surface area contributed by atoms with Gasteiger partial charge in [-0.15, -0.1) is 6.58 Å². The third-order valence-corrected chi connectivity index (χ3v) is 3.61. The van der Waals surface area contributed by atoms with E-state index in [2.05, 4.69) is 17.2 Å². The van der Waals surface area contributed by atoms with Gasteiger partial charge in [-0.05, 0) is 30.8 Å².